The summed E-state index contributed by atoms with van der Waals surface area (Å²) in [5.74, 6) is 0.312. The van der Waals surface area contributed by atoms with Gasteiger partial charge in [-0.25, -0.2) is 0 Å². The number of allylic oxidation sites excluding steroid dienone is 1. The van der Waals surface area contributed by atoms with Crippen molar-refractivity contribution in [1.82, 2.24) is 5.32 Å². The molecule has 1 N–H and O–H groups in total. The van der Waals surface area contributed by atoms with Crippen LogP contribution < -0.4 is 5.32 Å². The van der Waals surface area contributed by atoms with Gasteiger partial charge < -0.3 is 5.32 Å². The molecule has 0 bridgehead atoms. The molecular formula is C14H17NO. The van der Waals surface area contributed by atoms with Gasteiger partial charge in [0.2, 0.25) is 5.91 Å². The lowest BCUT2D eigenvalue weighted by atomic mass is 9.98. The first-order valence-electron chi connectivity index (χ1n) is 5.75. The molecule has 0 radical (unpaired) electrons. The highest BCUT2D eigenvalue weighted by Gasteiger charge is 2.30. The predicted octanol–water partition coefficient (Wildman–Crippen LogP) is 2.31. The molecule has 0 spiro atoms. The smallest absolute Gasteiger partial charge is 0.223 e. The second-order valence-electron chi connectivity index (χ2n) is 4.35. The van der Waals surface area contributed by atoms with E-state index in [0.717, 1.165) is 19.3 Å². The average Bonchev–Trinajstić information content (AvgIpc) is 2.61. The number of carbonyl (C=O) groups excluding carboxylic acids is 1. The largest absolute Gasteiger partial charge is 0.353 e. The van der Waals surface area contributed by atoms with Gasteiger partial charge in [0.15, 0.2) is 0 Å². The van der Waals surface area contributed by atoms with Gasteiger partial charge in [0.1, 0.15) is 0 Å². The molecule has 1 aromatic rings. The monoisotopic (exact) mass is 215 g/mol. The van der Waals surface area contributed by atoms with E-state index in [2.05, 4.69) is 24.0 Å². The zero-order valence-electron chi connectivity index (χ0n) is 9.36. The molecule has 0 aromatic heterocycles. The maximum atomic E-state index is 11.6. The molecule has 0 saturated carbocycles. The average molecular weight is 215 g/mol. The van der Waals surface area contributed by atoms with E-state index in [1.807, 2.05) is 24.3 Å². The number of hydrogen-bond donors (Lipinski definition) is 1. The SMILES string of the molecule is C=CCC1C[C@H](Cc2ccccc2)NC1=O. The lowest BCUT2D eigenvalue weighted by molar-refractivity contribution is -0.122. The Hall–Kier alpha value is -1.57. The summed E-state index contributed by atoms with van der Waals surface area (Å²) in [6.07, 6.45) is 4.48. The first-order valence-corrected chi connectivity index (χ1v) is 5.75. The van der Waals surface area contributed by atoms with Crippen LogP contribution in [0.15, 0.2) is 43.0 Å². The van der Waals surface area contributed by atoms with E-state index in [-0.39, 0.29) is 11.8 Å². The minimum Gasteiger partial charge on any atom is -0.353 e. The molecule has 2 rings (SSSR count). The Labute approximate surface area is 96.4 Å². The van der Waals surface area contributed by atoms with E-state index in [1.54, 1.807) is 0 Å². The summed E-state index contributed by atoms with van der Waals surface area (Å²) in [5.41, 5.74) is 1.28. The lowest BCUT2D eigenvalue weighted by Gasteiger charge is -2.09. The summed E-state index contributed by atoms with van der Waals surface area (Å²) in [6, 6.07) is 10.6. The molecule has 2 atom stereocenters. The number of hydrogen-bond acceptors (Lipinski definition) is 1. The van der Waals surface area contributed by atoms with Gasteiger partial charge in [0, 0.05) is 12.0 Å². The van der Waals surface area contributed by atoms with Gasteiger partial charge in [-0.05, 0) is 24.8 Å². The van der Waals surface area contributed by atoms with Gasteiger partial charge in [-0.3, -0.25) is 4.79 Å². The highest BCUT2D eigenvalue weighted by molar-refractivity contribution is 5.81. The van der Waals surface area contributed by atoms with Crippen molar-refractivity contribution >= 4 is 5.91 Å². The molecule has 84 valence electrons. The van der Waals surface area contributed by atoms with E-state index in [1.165, 1.54) is 5.56 Å². The fourth-order valence-corrected chi connectivity index (χ4v) is 2.27. The summed E-state index contributed by atoms with van der Waals surface area (Å²) >= 11 is 0. The summed E-state index contributed by atoms with van der Waals surface area (Å²) in [7, 11) is 0. The third-order valence-electron chi connectivity index (χ3n) is 3.06. The minimum absolute atomic E-state index is 0.131. The van der Waals surface area contributed by atoms with Gasteiger partial charge in [-0.1, -0.05) is 36.4 Å². The molecule has 1 saturated heterocycles. The maximum absolute atomic E-state index is 11.6. The molecule has 1 unspecified atom stereocenters. The number of benzene rings is 1. The van der Waals surface area contributed by atoms with Crippen LogP contribution in [0.3, 0.4) is 0 Å². The highest BCUT2D eigenvalue weighted by Crippen LogP contribution is 2.21. The van der Waals surface area contributed by atoms with Crippen LogP contribution in [0.4, 0.5) is 0 Å². The van der Waals surface area contributed by atoms with Crippen LogP contribution in [0, 0.1) is 5.92 Å². The van der Waals surface area contributed by atoms with Crippen LogP contribution in [0.5, 0.6) is 0 Å². The number of rotatable bonds is 4. The third kappa shape index (κ3) is 2.51. The summed E-state index contributed by atoms with van der Waals surface area (Å²) < 4.78 is 0. The summed E-state index contributed by atoms with van der Waals surface area (Å²) in [5, 5.41) is 3.05. The number of amides is 1. The second kappa shape index (κ2) is 4.97. The molecule has 1 amide bonds. The quantitative estimate of drug-likeness (QED) is 0.767. The zero-order chi connectivity index (χ0) is 11.4. The molecule has 16 heavy (non-hydrogen) atoms. The van der Waals surface area contributed by atoms with Crippen molar-refractivity contribution in [2.45, 2.75) is 25.3 Å². The highest BCUT2D eigenvalue weighted by atomic mass is 16.2. The van der Waals surface area contributed by atoms with Crippen LogP contribution in [-0.2, 0) is 11.2 Å². The van der Waals surface area contributed by atoms with E-state index in [4.69, 9.17) is 0 Å². The molecule has 1 fully saturated rings. The topological polar surface area (TPSA) is 29.1 Å². The Morgan fingerprint density at radius 2 is 2.12 bits per heavy atom. The first-order chi connectivity index (χ1) is 7.79. The molecule has 2 nitrogen and oxygen atoms in total. The molecular weight excluding hydrogens is 198 g/mol. The summed E-state index contributed by atoms with van der Waals surface area (Å²) in [6.45, 7) is 3.69. The van der Waals surface area contributed by atoms with Gasteiger partial charge in [0.25, 0.3) is 0 Å². The van der Waals surface area contributed by atoms with E-state index in [0.29, 0.717) is 6.04 Å². The Bertz CT molecular complexity index is 372. The van der Waals surface area contributed by atoms with Gasteiger partial charge in [0.05, 0.1) is 0 Å². The van der Waals surface area contributed by atoms with Crippen molar-refractivity contribution in [2.75, 3.05) is 0 Å². The molecule has 1 heterocycles. The Morgan fingerprint density at radius 1 is 1.38 bits per heavy atom. The second-order valence-corrected chi connectivity index (χ2v) is 4.35. The molecule has 1 aliphatic heterocycles. The van der Waals surface area contributed by atoms with Crippen molar-refractivity contribution < 1.29 is 4.79 Å². The van der Waals surface area contributed by atoms with E-state index in [9.17, 15) is 4.79 Å². The molecule has 1 aliphatic rings. The van der Waals surface area contributed by atoms with Crippen LogP contribution in [-0.4, -0.2) is 11.9 Å². The minimum atomic E-state index is 0.131. The number of carbonyl (C=O) groups is 1. The van der Waals surface area contributed by atoms with Crippen molar-refractivity contribution in [1.29, 1.82) is 0 Å². The fraction of sp³-hybridized carbons (Fsp3) is 0.357. The Balaban J connectivity index is 1.94. The number of nitrogens with one attached hydrogen (secondary N) is 1. The van der Waals surface area contributed by atoms with Gasteiger partial charge >= 0.3 is 0 Å². The van der Waals surface area contributed by atoms with Crippen molar-refractivity contribution in [3.8, 4) is 0 Å². The molecule has 1 aromatic carbocycles. The van der Waals surface area contributed by atoms with Gasteiger partial charge in [-0.2, -0.15) is 0 Å². The Morgan fingerprint density at radius 3 is 2.81 bits per heavy atom. The first kappa shape index (κ1) is 10.9. The predicted molar refractivity (Wildman–Crippen MR) is 65.0 cm³/mol. The van der Waals surface area contributed by atoms with Crippen LogP contribution in [0.2, 0.25) is 0 Å². The van der Waals surface area contributed by atoms with Crippen molar-refractivity contribution in [3.05, 3.63) is 48.6 Å². The van der Waals surface area contributed by atoms with Crippen LogP contribution in [0.1, 0.15) is 18.4 Å². The van der Waals surface area contributed by atoms with Crippen LogP contribution in [0.25, 0.3) is 0 Å². The van der Waals surface area contributed by atoms with Crippen molar-refractivity contribution in [2.24, 2.45) is 5.92 Å². The van der Waals surface area contributed by atoms with E-state index < -0.39 is 0 Å². The standard InChI is InChI=1S/C14H17NO/c1-2-6-12-10-13(15-14(12)16)9-11-7-4-3-5-8-11/h2-5,7-8,12-13H,1,6,9-10H2,(H,15,16)/t12?,13-/m0/s1. The fourth-order valence-electron chi connectivity index (χ4n) is 2.27. The third-order valence-corrected chi connectivity index (χ3v) is 3.06. The molecule has 0 aliphatic carbocycles. The van der Waals surface area contributed by atoms with E-state index >= 15 is 0 Å². The normalized spacial score (nSPS) is 24.1. The summed E-state index contributed by atoms with van der Waals surface area (Å²) in [4.78, 5) is 11.6. The van der Waals surface area contributed by atoms with Crippen molar-refractivity contribution in [3.63, 3.8) is 0 Å². The molecule has 2 heteroatoms. The van der Waals surface area contributed by atoms with Gasteiger partial charge in [-0.15, -0.1) is 6.58 Å². The lowest BCUT2D eigenvalue weighted by Crippen LogP contribution is -2.27. The van der Waals surface area contributed by atoms with Crippen LogP contribution >= 0.6 is 0 Å². The maximum Gasteiger partial charge on any atom is 0.223 e. The Kier molecular flexibility index (Phi) is 3.40. The zero-order valence-corrected chi connectivity index (χ0v) is 9.36.